The standard InChI is InChI=1S/C37H38N8O5/c1-49-30-14-13-27-22-31(30)50-20-8-17-45(36(48)28-23-41-37(38)43-33(28)26-11-6-3-7-12-26)24-32(46)42-29(21-25-9-4-2-5-10-25)35(47)40-16-19-44-18-15-39-34(27)44/h2-7,9-15,18,22-23,29H,8,16-17,19-21,24H2,1H3,(H,40,47)(H,42,46)(H2,38,41,43)/t29-/m0/s1. The second kappa shape index (κ2) is 15.8. The fourth-order valence-electron chi connectivity index (χ4n) is 5.80. The van der Waals surface area contributed by atoms with Gasteiger partial charge < -0.3 is 35.3 Å². The lowest BCUT2D eigenvalue weighted by Crippen LogP contribution is -2.51. The number of amides is 3. The van der Waals surface area contributed by atoms with Crippen LogP contribution in [0.1, 0.15) is 22.3 Å². The highest BCUT2D eigenvalue weighted by Crippen LogP contribution is 2.32. The van der Waals surface area contributed by atoms with Crippen LogP contribution in [0, 0.1) is 0 Å². The van der Waals surface area contributed by atoms with Crippen molar-refractivity contribution in [1.82, 2.24) is 35.1 Å². The summed E-state index contributed by atoms with van der Waals surface area (Å²) in [5.41, 5.74) is 8.82. The number of hydrogen-bond acceptors (Lipinski definition) is 9. The summed E-state index contributed by atoms with van der Waals surface area (Å²) in [6.45, 7) is 0.750. The lowest BCUT2D eigenvalue weighted by atomic mass is 10.0. The van der Waals surface area contributed by atoms with Gasteiger partial charge in [0.25, 0.3) is 5.91 Å². The Morgan fingerprint density at radius 2 is 1.78 bits per heavy atom. The van der Waals surface area contributed by atoms with E-state index in [0.717, 1.165) is 11.1 Å². The van der Waals surface area contributed by atoms with E-state index in [4.69, 9.17) is 15.2 Å². The number of anilines is 1. The van der Waals surface area contributed by atoms with Gasteiger partial charge in [-0.2, -0.15) is 0 Å². The molecule has 3 aromatic carbocycles. The molecule has 4 N–H and O–H groups in total. The van der Waals surface area contributed by atoms with E-state index in [-0.39, 0.29) is 50.1 Å². The summed E-state index contributed by atoms with van der Waals surface area (Å²) in [7, 11) is 1.56. The van der Waals surface area contributed by atoms with Crippen LogP contribution < -0.4 is 25.8 Å². The molecular formula is C37H38N8O5. The molecule has 0 aliphatic carbocycles. The first kappa shape index (κ1) is 33.7. The zero-order valence-electron chi connectivity index (χ0n) is 27.6. The third kappa shape index (κ3) is 8.06. The molecule has 50 heavy (non-hydrogen) atoms. The summed E-state index contributed by atoms with van der Waals surface area (Å²) in [6, 6.07) is 23.3. The average molecular weight is 675 g/mol. The van der Waals surface area contributed by atoms with Crippen molar-refractivity contribution >= 4 is 23.7 Å². The third-order valence-electron chi connectivity index (χ3n) is 8.26. The van der Waals surface area contributed by atoms with Gasteiger partial charge in [0, 0.05) is 55.8 Å². The van der Waals surface area contributed by atoms with Crippen molar-refractivity contribution in [2.45, 2.75) is 25.4 Å². The molecule has 1 aliphatic heterocycles. The molecule has 0 unspecified atom stereocenters. The maximum atomic E-state index is 14.2. The van der Waals surface area contributed by atoms with Crippen LogP contribution in [0.15, 0.2) is 97.5 Å². The molecule has 0 fully saturated rings. The van der Waals surface area contributed by atoms with Crippen molar-refractivity contribution < 1.29 is 23.9 Å². The molecule has 3 amide bonds. The van der Waals surface area contributed by atoms with Crippen LogP contribution in [0.25, 0.3) is 22.6 Å². The minimum absolute atomic E-state index is 0.0136. The van der Waals surface area contributed by atoms with Gasteiger partial charge in [-0.1, -0.05) is 60.7 Å². The fourth-order valence-corrected chi connectivity index (χ4v) is 5.80. The van der Waals surface area contributed by atoms with E-state index in [1.807, 2.05) is 89.6 Å². The second-order valence-corrected chi connectivity index (χ2v) is 11.7. The Bertz CT molecular complexity index is 1950. The Kier molecular flexibility index (Phi) is 10.6. The number of nitrogens with one attached hydrogen (secondary N) is 2. The number of hydrogen-bond donors (Lipinski definition) is 3. The minimum Gasteiger partial charge on any atom is -0.493 e. The van der Waals surface area contributed by atoms with Gasteiger partial charge in [0.15, 0.2) is 11.5 Å². The Morgan fingerprint density at radius 3 is 2.56 bits per heavy atom. The summed E-state index contributed by atoms with van der Waals surface area (Å²) >= 11 is 0. The number of aromatic nitrogens is 4. The number of benzene rings is 3. The van der Waals surface area contributed by atoms with Crippen molar-refractivity contribution in [2.24, 2.45) is 0 Å². The van der Waals surface area contributed by atoms with Crippen LogP contribution in [-0.4, -0.2) is 81.5 Å². The van der Waals surface area contributed by atoms with Crippen LogP contribution in [0.4, 0.5) is 5.95 Å². The van der Waals surface area contributed by atoms with Crippen LogP contribution in [0.2, 0.25) is 0 Å². The summed E-state index contributed by atoms with van der Waals surface area (Å²) in [6.07, 6.45) is 5.54. The molecule has 0 spiro atoms. The van der Waals surface area contributed by atoms with Gasteiger partial charge in [-0.05, 0) is 30.2 Å². The van der Waals surface area contributed by atoms with Gasteiger partial charge in [0.05, 0.1) is 31.5 Å². The molecule has 13 heteroatoms. The Hall–Kier alpha value is -6.24. The predicted octanol–water partition coefficient (Wildman–Crippen LogP) is 3.37. The molecule has 6 rings (SSSR count). The SMILES string of the molecule is COc1ccc2cc1OCCCN(C(=O)c1cnc(N)nc1-c1ccccc1)CC(=O)N[C@@H](Cc1ccccc1)C(=O)NCCn1ccnc1-2. The van der Waals surface area contributed by atoms with E-state index in [2.05, 4.69) is 25.6 Å². The Balaban J connectivity index is 1.33. The Morgan fingerprint density at radius 1 is 1.00 bits per heavy atom. The number of imidazole rings is 1. The molecule has 0 saturated heterocycles. The number of methoxy groups -OCH3 is 1. The topological polar surface area (TPSA) is 167 Å². The highest BCUT2D eigenvalue weighted by Gasteiger charge is 2.27. The molecule has 0 saturated carbocycles. The van der Waals surface area contributed by atoms with E-state index in [1.54, 1.807) is 13.3 Å². The van der Waals surface area contributed by atoms with Gasteiger partial charge in [0.2, 0.25) is 17.8 Å². The zero-order valence-corrected chi connectivity index (χ0v) is 27.6. The summed E-state index contributed by atoms with van der Waals surface area (Å²) < 4.78 is 13.7. The zero-order chi connectivity index (χ0) is 34.9. The molecule has 3 heterocycles. The van der Waals surface area contributed by atoms with E-state index in [9.17, 15) is 14.4 Å². The van der Waals surface area contributed by atoms with Crippen molar-refractivity contribution in [3.63, 3.8) is 0 Å². The maximum absolute atomic E-state index is 14.2. The highest BCUT2D eigenvalue weighted by atomic mass is 16.5. The first-order chi connectivity index (χ1) is 24.4. The molecule has 2 bridgehead atoms. The van der Waals surface area contributed by atoms with E-state index in [1.165, 1.54) is 11.1 Å². The predicted molar refractivity (Wildman–Crippen MR) is 187 cm³/mol. The van der Waals surface area contributed by atoms with Crippen molar-refractivity contribution in [3.05, 3.63) is 109 Å². The van der Waals surface area contributed by atoms with Gasteiger partial charge >= 0.3 is 0 Å². The maximum Gasteiger partial charge on any atom is 0.258 e. The van der Waals surface area contributed by atoms with Gasteiger partial charge in [0.1, 0.15) is 11.9 Å². The second-order valence-electron chi connectivity index (χ2n) is 11.7. The van der Waals surface area contributed by atoms with E-state index >= 15 is 0 Å². The normalized spacial score (nSPS) is 15.8. The molecular weight excluding hydrogens is 636 g/mol. The number of ether oxygens (including phenoxy) is 2. The number of nitrogen functional groups attached to an aromatic ring is 1. The van der Waals surface area contributed by atoms with Gasteiger partial charge in [-0.15, -0.1) is 0 Å². The number of nitrogens with two attached hydrogens (primary N) is 1. The number of nitrogens with zero attached hydrogens (tertiary/aromatic N) is 5. The van der Waals surface area contributed by atoms with Crippen molar-refractivity contribution in [1.29, 1.82) is 0 Å². The highest BCUT2D eigenvalue weighted by molar-refractivity contribution is 6.01. The monoisotopic (exact) mass is 674 g/mol. The smallest absolute Gasteiger partial charge is 0.258 e. The summed E-state index contributed by atoms with van der Waals surface area (Å²) in [5, 5.41) is 5.85. The van der Waals surface area contributed by atoms with Crippen LogP contribution in [0.3, 0.4) is 0 Å². The van der Waals surface area contributed by atoms with Crippen LogP contribution in [-0.2, 0) is 22.6 Å². The molecule has 13 nitrogen and oxygen atoms in total. The average Bonchev–Trinajstić information content (AvgIpc) is 3.61. The summed E-state index contributed by atoms with van der Waals surface area (Å²) in [5.74, 6) is 0.437. The van der Waals surface area contributed by atoms with Gasteiger partial charge in [-0.25, -0.2) is 15.0 Å². The third-order valence-corrected chi connectivity index (χ3v) is 8.26. The minimum atomic E-state index is -0.893. The number of carbonyl (C=O) groups is 3. The number of carbonyl (C=O) groups excluding carboxylic acids is 3. The van der Waals surface area contributed by atoms with Gasteiger partial charge in [-0.3, -0.25) is 14.4 Å². The first-order valence-corrected chi connectivity index (χ1v) is 16.3. The lowest BCUT2D eigenvalue weighted by Gasteiger charge is -2.25. The van der Waals surface area contributed by atoms with Crippen LogP contribution >= 0.6 is 0 Å². The Labute approximate surface area is 289 Å². The van der Waals surface area contributed by atoms with Crippen molar-refractivity contribution in [2.75, 3.05) is 39.1 Å². The molecule has 5 aromatic rings. The van der Waals surface area contributed by atoms with Crippen LogP contribution in [0.5, 0.6) is 11.5 Å². The molecule has 1 aliphatic rings. The van der Waals surface area contributed by atoms with E-state index < -0.39 is 17.9 Å². The first-order valence-electron chi connectivity index (χ1n) is 16.3. The molecule has 0 radical (unpaired) electrons. The van der Waals surface area contributed by atoms with E-state index in [0.29, 0.717) is 41.5 Å². The van der Waals surface area contributed by atoms with Crippen molar-refractivity contribution in [3.8, 4) is 34.1 Å². The molecule has 1 atom stereocenters. The number of rotatable bonds is 5. The molecule has 2 aromatic heterocycles. The molecule has 256 valence electrons. The largest absolute Gasteiger partial charge is 0.493 e. The quantitative estimate of drug-likeness (QED) is 0.253. The lowest BCUT2D eigenvalue weighted by molar-refractivity contribution is -0.129. The number of fused-ring (bicyclic) bond motifs is 4. The fraction of sp³-hybridized carbons (Fsp3) is 0.243. The summed E-state index contributed by atoms with van der Waals surface area (Å²) in [4.78, 5) is 56.0.